The first-order chi connectivity index (χ1) is 15.5. The van der Waals surface area contributed by atoms with Crippen LogP contribution in [-0.4, -0.2) is 51.7 Å². The van der Waals surface area contributed by atoms with Crippen molar-refractivity contribution in [3.8, 4) is 21.9 Å². The number of carbonyl (C=O) groups is 1. The van der Waals surface area contributed by atoms with Crippen molar-refractivity contribution < 1.29 is 27.4 Å². The first kappa shape index (κ1) is 21.0. The van der Waals surface area contributed by atoms with E-state index in [0.29, 0.717) is 53.3 Å². The van der Waals surface area contributed by atoms with Gasteiger partial charge in [0, 0.05) is 35.3 Å². The number of nitrogens with one attached hydrogen (secondary N) is 1. The number of fused-ring (bicyclic) bond motifs is 1. The first-order valence-corrected chi connectivity index (χ1v) is 12.3. The summed E-state index contributed by atoms with van der Waals surface area (Å²) in [6.07, 6.45) is 0. The van der Waals surface area contributed by atoms with Crippen LogP contribution < -0.4 is 14.8 Å². The van der Waals surface area contributed by atoms with Crippen molar-refractivity contribution in [1.82, 2.24) is 4.31 Å². The number of amides is 1. The summed E-state index contributed by atoms with van der Waals surface area (Å²) in [6, 6.07) is 15.7. The van der Waals surface area contributed by atoms with Gasteiger partial charge >= 0.3 is 0 Å². The summed E-state index contributed by atoms with van der Waals surface area (Å²) in [4.78, 5) is 13.4. The Bertz CT molecular complexity index is 1250. The number of hydrogen-bond donors (Lipinski definition) is 1. The van der Waals surface area contributed by atoms with Gasteiger partial charge in [0.2, 0.25) is 6.79 Å². The molecule has 0 aliphatic carbocycles. The van der Waals surface area contributed by atoms with Crippen molar-refractivity contribution >= 4 is 33.0 Å². The molecule has 1 N–H and O–H groups in total. The monoisotopic (exact) mass is 472 g/mol. The van der Waals surface area contributed by atoms with E-state index in [9.17, 15) is 13.2 Å². The van der Waals surface area contributed by atoms with Crippen LogP contribution in [0.5, 0.6) is 11.5 Å². The normalized spacial score (nSPS) is 16.1. The lowest BCUT2D eigenvalue weighted by molar-refractivity contribution is 0.0731. The molecule has 10 heteroatoms. The van der Waals surface area contributed by atoms with Gasteiger partial charge in [0.05, 0.1) is 13.2 Å². The van der Waals surface area contributed by atoms with Gasteiger partial charge in [0.25, 0.3) is 15.9 Å². The second-order valence-corrected chi connectivity index (χ2v) is 10.5. The Morgan fingerprint density at radius 2 is 1.69 bits per heavy atom. The number of sulfonamides is 1. The molecule has 3 heterocycles. The van der Waals surface area contributed by atoms with Crippen LogP contribution in [0.2, 0.25) is 0 Å². The summed E-state index contributed by atoms with van der Waals surface area (Å²) in [5, 5.41) is 2.84. The largest absolute Gasteiger partial charge is 0.454 e. The molecule has 0 unspecified atom stereocenters. The van der Waals surface area contributed by atoms with E-state index in [1.165, 1.54) is 15.6 Å². The fourth-order valence-electron chi connectivity index (χ4n) is 3.49. The van der Waals surface area contributed by atoms with E-state index in [2.05, 4.69) is 5.32 Å². The highest BCUT2D eigenvalue weighted by Crippen LogP contribution is 2.35. The van der Waals surface area contributed by atoms with E-state index < -0.39 is 10.0 Å². The summed E-state index contributed by atoms with van der Waals surface area (Å²) >= 11 is 1.22. The van der Waals surface area contributed by atoms with Crippen molar-refractivity contribution in [3.63, 3.8) is 0 Å². The van der Waals surface area contributed by atoms with Gasteiger partial charge < -0.3 is 19.5 Å². The summed E-state index contributed by atoms with van der Waals surface area (Å²) in [7, 11) is -3.52. The molecule has 0 bridgehead atoms. The third-order valence-electron chi connectivity index (χ3n) is 5.21. The number of thiophene rings is 1. The lowest BCUT2D eigenvalue weighted by Crippen LogP contribution is -2.40. The second kappa shape index (κ2) is 8.55. The van der Waals surface area contributed by atoms with Gasteiger partial charge in [-0.2, -0.15) is 4.31 Å². The molecule has 0 atom stereocenters. The Morgan fingerprint density at radius 1 is 0.938 bits per heavy atom. The molecule has 2 aliphatic heterocycles. The highest BCUT2D eigenvalue weighted by Gasteiger charge is 2.28. The van der Waals surface area contributed by atoms with Crippen LogP contribution >= 0.6 is 11.3 Å². The number of ether oxygens (including phenoxy) is 3. The minimum absolute atomic E-state index is 0.173. The summed E-state index contributed by atoms with van der Waals surface area (Å²) < 4.78 is 43.3. The Kier molecular flexibility index (Phi) is 5.60. The van der Waals surface area contributed by atoms with Gasteiger partial charge in [-0.1, -0.05) is 12.1 Å². The average molecular weight is 473 g/mol. The average Bonchev–Trinajstić information content (AvgIpc) is 3.50. The molecule has 3 aromatic rings. The molecule has 32 heavy (non-hydrogen) atoms. The third kappa shape index (κ3) is 4.09. The molecular formula is C22H20N2O6S2. The Balaban J connectivity index is 1.29. The zero-order valence-electron chi connectivity index (χ0n) is 16.9. The van der Waals surface area contributed by atoms with Crippen LogP contribution in [0.25, 0.3) is 10.4 Å². The van der Waals surface area contributed by atoms with E-state index in [-0.39, 0.29) is 12.7 Å². The summed E-state index contributed by atoms with van der Waals surface area (Å²) in [5.41, 5.74) is 1.95. The SMILES string of the molecule is O=C(Nc1ccc2c(c1)OCO2)c1ccc(-c2ccc(S(=O)(=O)N3CCOCC3)s2)cc1. The van der Waals surface area contributed by atoms with Crippen molar-refractivity contribution in [2.45, 2.75) is 4.21 Å². The van der Waals surface area contributed by atoms with Gasteiger partial charge in [0.15, 0.2) is 11.5 Å². The second-order valence-electron chi connectivity index (χ2n) is 7.23. The smallest absolute Gasteiger partial charge is 0.255 e. The van der Waals surface area contributed by atoms with Gasteiger partial charge in [-0.3, -0.25) is 4.79 Å². The molecule has 2 aliphatic rings. The van der Waals surface area contributed by atoms with Crippen molar-refractivity contribution in [2.75, 3.05) is 38.4 Å². The van der Waals surface area contributed by atoms with Gasteiger partial charge in [-0.25, -0.2) is 8.42 Å². The minimum Gasteiger partial charge on any atom is -0.454 e. The molecule has 2 aromatic carbocycles. The molecule has 1 aromatic heterocycles. The maximum absolute atomic E-state index is 12.8. The van der Waals surface area contributed by atoms with Gasteiger partial charge in [-0.15, -0.1) is 11.3 Å². The lowest BCUT2D eigenvalue weighted by atomic mass is 10.1. The first-order valence-electron chi connectivity index (χ1n) is 10.00. The van der Waals surface area contributed by atoms with Crippen LogP contribution in [0, 0.1) is 0 Å². The Morgan fingerprint density at radius 3 is 2.47 bits per heavy atom. The molecule has 1 saturated heterocycles. The molecule has 0 spiro atoms. The molecule has 5 rings (SSSR count). The fourth-order valence-corrected chi connectivity index (χ4v) is 6.37. The molecule has 1 fully saturated rings. The zero-order valence-corrected chi connectivity index (χ0v) is 18.6. The van der Waals surface area contributed by atoms with E-state index in [4.69, 9.17) is 14.2 Å². The van der Waals surface area contributed by atoms with E-state index in [0.717, 1.165) is 10.4 Å². The van der Waals surface area contributed by atoms with Crippen LogP contribution in [-0.2, 0) is 14.8 Å². The van der Waals surface area contributed by atoms with E-state index >= 15 is 0 Å². The Hall–Kier alpha value is -2.92. The molecule has 8 nitrogen and oxygen atoms in total. The van der Waals surface area contributed by atoms with E-state index in [1.54, 1.807) is 42.5 Å². The highest BCUT2D eigenvalue weighted by atomic mass is 32.2. The van der Waals surface area contributed by atoms with Crippen LogP contribution in [0.15, 0.2) is 58.8 Å². The van der Waals surface area contributed by atoms with E-state index in [1.807, 2.05) is 12.1 Å². The molecule has 166 valence electrons. The Labute approximate surface area is 189 Å². The number of rotatable bonds is 5. The molecular weight excluding hydrogens is 452 g/mol. The number of hydrogen-bond acceptors (Lipinski definition) is 7. The molecule has 0 radical (unpaired) electrons. The van der Waals surface area contributed by atoms with Gasteiger partial charge in [-0.05, 0) is 42.0 Å². The number of benzene rings is 2. The van der Waals surface area contributed by atoms with Crippen LogP contribution in [0.1, 0.15) is 10.4 Å². The van der Waals surface area contributed by atoms with Crippen molar-refractivity contribution in [1.29, 1.82) is 0 Å². The van der Waals surface area contributed by atoms with Crippen molar-refractivity contribution in [2.24, 2.45) is 0 Å². The minimum atomic E-state index is -3.52. The van der Waals surface area contributed by atoms with Crippen LogP contribution in [0.4, 0.5) is 5.69 Å². The third-order valence-corrected chi connectivity index (χ3v) is 8.71. The molecule has 0 saturated carbocycles. The summed E-state index contributed by atoms with van der Waals surface area (Å²) in [5.74, 6) is 0.995. The van der Waals surface area contributed by atoms with Crippen molar-refractivity contribution in [3.05, 3.63) is 60.2 Å². The molecule has 1 amide bonds. The number of anilines is 1. The lowest BCUT2D eigenvalue weighted by Gasteiger charge is -2.25. The number of carbonyl (C=O) groups excluding carboxylic acids is 1. The van der Waals surface area contributed by atoms with Crippen LogP contribution in [0.3, 0.4) is 0 Å². The number of morpholine rings is 1. The predicted molar refractivity (Wildman–Crippen MR) is 120 cm³/mol. The highest BCUT2D eigenvalue weighted by molar-refractivity contribution is 7.91. The fraction of sp³-hybridized carbons (Fsp3) is 0.227. The number of nitrogens with zero attached hydrogens (tertiary/aromatic N) is 1. The van der Waals surface area contributed by atoms with Gasteiger partial charge in [0.1, 0.15) is 4.21 Å². The standard InChI is InChI=1S/C22H20N2O6S2/c25-22(23-17-5-6-18-19(13-17)30-14-29-18)16-3-1-15(2-4-16)20-7-8-21(31-20)32(26,27)24-9-11-28-12-10-24/h1-8,13H,9-12,14H2,(H,23,25). The maximum atomic E-state index is 12.8. The summed E-state index contributed by atoms with van der Waals surface area (Å²) in [6.45, 7) is 1.72. The zero-order chi connectivity index (χ0) is 22.1. The topological polar surface area (TPSA) is 94.2 Å². The maximum Gasteiger partial charge on any atom is 0.255 e. The predicted octanol–water partition coefficient (Wildman–Crippen LogP) is 3.42. The quantitative estimate of drug-likeness (QED) is 0.612.